The van der Waals surface area contributed by atoms with E-state index in [0.29, 0.717) is 12.8 Å². The number of carbonyl (C=O) groups is 2. The third-order valence-corrected chi connectivity index (χ3v) is 2.97. The molecule has 0 aromatic carbocycles. The van der Waals surface area contributed by atoms with Gasteiger partial charge in [0.1, 0.15) is 0 Å². The van der Waals surface area contributed by atoms with Crippen molar-refractivity contribution in [3.63, 3.8) is 0 Å². The molecular formula is C16H34N2O2. The third-order valence-electron chi connectivity index (χ3n) is 2.97. The number of hydrogen-bond donors (Lipinski definition) is 2. The number of unbranched alkanes of at least 4 members (excludes halogenated alkanes) is 3. The van der Waals surface area contributed by atoms with Crippen LogP contribution in [0.4, 0.5) is 0 Å². The predicted octanol–water partition coefficient (Wildman–Crippen LogP) is 3.40. The molecule has 0 fully saturated rings. The second-order valence-electron chi connectivity index (χ2n) is 4.84. The van der Waals surface area contributed by atoms with Crippen LogP contribution in [0.15, 0.2) is 0 Å². The van der Waals surface area contributed by atoms with Crippen LogP contribution >= 0.6 is 0 Å². The fraction of sp³-hybridized carbons (Fsp3) is 0.875. The lowest BCUT2D eigenvalue weighted by Crippen LogP contribution is -2.32. The molecule has 0 rings (SSSR count). The Hall–Kier alpha value is -1.06. The van der Waals surface area contributed by atoms with Crippen LogP contribution in [0.1, 0.15) is 79.1 Å². The zero-order valence-electron chi connectivity index (χ0n) is 14.1. The van der Waals surface area contributed by atoms with Crippen molar-refractivity contribution < 1.29 is 9.59 Å². The molecule has 0 spiro atoms. The highest BCUT2D eigenvalue weighted by Crippen LogP contribution is 2.06. The summed E-state index contributed by atoms with van der Waals surface area (Å²) in [5.41, 5.74) is 0. The second kappa shape index (κ2) is 16.0. The Labute approximate surface area is 125 Å². The first-order chi connectivity index (χ1) is 9.60. The highest BCUT2D eigenvalue weighted by molar-refractivity contribution is 5.76. The van der Waals surface area contributed by atoms with Crippen molar-refractivity contribution in [3.05, 3.63) is 0 Å². The lowest BCUT2D eigenvalue weighted by Gasteiger charge is -2.12. The van der Waals surface area contributed by atoms with Crippen LogP contribution < -0.4 is 10.6 Å². The van der Waals surface area contributed by atoms with E-state index in [9.17, 15) is 9.59 Å². The minimum absolute atomic E-state index is 0.0983. The third kappa shape index (κ3) is 15.0. The highest BCUT2D eigenvalue weighted by atomic mass is 16.2. The molecule has 0 aliphatic heterocycles. The smallest absolute Gasteiger partial charge is 0.220 e. The van der Waals surface area contributed by atoms with Crippen LogP contribution in [0.5, 0.6) is 0 Å². The maximum Gasteiger partial charge on any atom is 0.220 e. The molecule has 0 aromatic rings. The summed E-state index contributed by atoms with van der Waals surface area (Å²) in [7, 11) is 1.66. The first kappa shape index (κ1) is 21.2. The van der Waals surface area contributed by atoms with Crippen molar-refractivity contribution in [1.29, 1.82) is 0 Å². The Morgan fingerprint density at radius 2 is 1.45 bits per heavy atom. The molecule has 0 aromatic heterocycles. The van der Waals surface area contributed by atoms with E-state index in [4.69, 9.17) is 0 Å². The van der Waals surface area contributed by atoms with Gasteiger partial charge in [0.05, 0.1) is 0 Å². The number of hydrogen-bond acceptors (Lipinski definition) is 2. The fourth-order valence-electron chi connectivity index (χ4n) is 1.90. The number of amides is 2. The Kier molecular flexibility index (Phi) is 17.0. The van der Waals surface area contributed by atoms with Crippen molar-refractivity contribution in [3.8, 4) is 0 Å². The van der Waals surface area contributed by atoms with E-state index in [-0.39, 0.29) is 17.9 Å². The van der Waals surface area contributed by atoms with Gasteiger partial charge in [0, 0.05) is 25.9 Å². The molecule has 0 bridgehead atoms. The Bertz CT molecular complexity index is 243. The van der Waals surface area contributed by atoms with Gasteiger partial charge in [-0.15, -0.1) is 0 Å². The van der Waals surface area contributed by atoms with Gasteiger partial charge in [0.2, 0.25) is 11.8 Å². The van der Waals surface area contributed by atoms with E-state index in [0.717, 1.165) is 38.5 Å². The minimum Gasteiger partial charge on any atom is -0.359 e. The molecule has 0 saturated heterocycles. The zero-order chi connectivity index (χ0) is 15.8. The maximum absolute atomic E-state index is 11.5. The summed E-state index contributed by atoms with van der Waals surface area (Å²) in [5.74, 6) is 0.253. The van der Waals surface area contributed by atoms with Gasteiger partial charge in [-0.25, -0.2) is 0 Å². The standard InChI is InChI=1S/C14H28N2O2.C2H6/c1-4-9-12(2)16-14(18)11-8-6-5-7-10-13(17)15-3;1-2/h12H,4-11H2,1-3H3,(H,15,17)(H,16,18);1-2H3. The van der Waals surface area contributed by atoms with Gasteiger partial charge in [-0.05, 0) is 26.2 Å². The van der Waals surface area contributed by atoms with E-state index in [1.807, 2.05) is 20.8 Å². The molecule has 0 aliphatic rings. The number of nitrogens with one attached hydrogen (secondary N) is 2. The summed E-state index contributed by atoms with van der Waals surface area (Å²) >= 11 is 0. The van der Waals surface area contributed by atoms with Gasteiger partial charge in [-0.2, -0.15) is 0 Å². The monoisotopic (exact) mass is 286 g/mol. The van der Waals surface area contributed by atoms with E-state index >= 15 is 0 Å². The maximum atomic E-state index is 11.5. The zero-order valence-corrected chi connectivity index (χ0v) is 14.1. The molecule has 4 nitrogen and oxygen atoms in total. The minimum atomic E-state index is 0.0983. The van der Waals surface area contributed by atoms with Crippen LogP contribution in [0.3, 0.4) is 0 Å². The Balaban J connectivity index is 0. The van der Waals surface area contributed by atoms with E-state index in [2.05, 4.69) is 17.6 Å². The average molecular weight is 286 g/mol. The quantitative estimate of drug-likeness (QED) is 0.605. The van der Waals surface area contributed by atoms with Gasteiger partial charge < -0.3 is 10.6 Å². The molecule has 120 valence electrons. The average Bonchev–Trinajstić information content (AvgIpc) is 2.44. The first-order valence-corrected chi connectivity index (χ1v) is 8.10. The molecular weight excluding hydrogens is 252 g/mol. The van der Waals surface area contributed by atoms with Gasteiger partial charge in [0.15, 0.2) is 0 Å². The van der Waals surface area contributed by atoms with Crippen LogP contribution in [-0.4, -0.2) is 24.9 Å². The molecule has 1 unspecified atom stereocenters. The molecule has 2 amide bonds. The molecule has 1 atom stereocenters. The summed E-state index contributed by atoms with van der Waals surface area (Å²) in [4.78, 5) is 22.5. The molecule has 4 heteroatoms. The molecule has 0 aliphatic carbocycles. The van der Waals surface area contributed by atoms with Gasteiger partial charge in [-0.3, -0.25) is 9.59 Å². The van der Waals surface area contributed by atoms with E-state index in [1.54, 1.807) is 7.05 Å². The first-order valence-electron chi connectivity index (χ1n) is 8.10. The van der Waals surface area contributed by atoms with Gasteiger partial charge in [0.25, 0.3) is 0 Å². The molecule has 2 N–H and O–H groups in total. The SMILES string of the molecule is CC.CCCC(C)NC(=O)CCCCCCC(=O)NC. The van der Waals surface area contributed by atoms with Crippen LogP contribution in [0.25, 0.3) is 0 Å². The summed E-state index contributed by atoms with van der Waals surface area (Å²) in [6.07, 6.45) is 7.20. The van der Waals surface area contributed by atoms with Gasteiger partial charge in [-0.1, -0.05) is 40.0 Å². The van der Waals surface area contributed by atoms with E-state index in [1.165, 1.54) is 0 Å². The topological polar surface area (TPSA) is 58.2 Å². The Morgan fingerprint density at radius 1 is 0.950 bits per heavy atom. The van der Waals surface area contributed by atoms with Crippen molar-refractivity contribution in [2.75, 3.05) is 7.05 Å². The summed E-state index contributed by atoms with van der Waals surface area (Å²) in [5, 5.41) is 5.60. The number of carbonyl (C=O) groups excluding carboxylic acids is 2. The van der Waals surface area contributed by atoms with Crippen LogP contribution in [0, 0.1) is 0 Å². The van der Waals surface area contributed by atoms with Crippen molar-refractivity contribution >= 4 is 11.8 Å². The predicted molar refractivity (Wildman–Crippen MR) is 85.6 cm³/mol. The van der Waals surface area contributed by atoms with E-state index < -0.39 is 0 Å². The van der Waals surface area contributed by atoms with Crippen molar-refractivity contribution in [2.45, 2.75) is 85.1 Å². The van der Waals surface area contributed by atoms with Crippen molar-refractivity contribution in [1.82, 2.24) is 10.6 Å². The van der Waals surface area contributed by atoms with Crippen LogP contribution in [-0.2, 0) is 9.59 Å². The molecule has 0 heterocycles. The largest absolute Gasteiger partial charge is 0.359 e. The molecule has 0 radical (unpaired) electrons. The summed E-state index contributed by atoms with van der Waals surface area (Å²) < 4.78 is 0. The normalized spacial score (nSPS) is 11.1. The fourth-order valence-corrected chi connectivity index (χ4v) is 1.90. The van der Waals surface area contributed by atoms with Gasteiger partial charge >= 0.3 is 0 Å². The lowest BCUT2D eigenvalue weighted by molar-refractivity contribution is -0.122. The highest BCUT2D eigenvalue weighted by Gasteiger charge is 2.05. The van der Waals surface area contributed by atoms with Crippen molar-refractivity contribution in [2.24, 2.45) is 0 Å². The Morgan fingerprint density at radius 3 is 1.90 bits per heavy atom. The molecule has 0 saturated carbocycles. The molecule has 20 heavy (non-hydrogen) atoms. The summed E-state index contributed by atoms with van der Waals surface area (Å²) in [6, 6.07) is 0.288. The summed E-state index contributed by atoms with van der Waals surface area (Å²) in [6.45, 7) is 8.17. The second-order valence-corrected chi connectivity index (χ2v) is 4.84. The van der Waals surface area contributed by atoms with Crippen LogP contribution in [0.2, 0.25) is 0 Å². The lowest BCUT2D eigenvalue weighted by atomic mass is 10.1. The number of rotatable bonds is 10.